The summed E-state index contributed by atoms with van der Waals surface area (Å²) in [6.07, 6.45) is 1.94. The number of piperidine rings is 1. The van der Waals surface area contributed by atoms with Gasteiger partial charge in [-0.15, -0.1) is 0 Å². The summed E-state index contributed by atoms with van der Waals surface area (Å²) in [6, 6.07) is -0.121. The fourth-order valence-corrected chi connectivity index (χ4v) is 3.11. The van der Waals surface area contributed by atoms with Crippen LogP contribution in [0.5, 0.6) is 0 Å². The molecule has 1 aromatic heterocycles. The second-order valence-corrected chi connectivity index (χ2v) is 6.37. The van der Waals surface area contributed by atoms with E-state index in [1.54, 1.807) is 4.68 Å². The van der Waals surface area contributed by atoms with Gasteiger partial charge in [0.05, 0.1) is 23.1 Å². The smallest absolute Gasteiger partial charge is 0.241 e. The van der Waals surface area contributed by atoms with Gasteiger partial charge in [0.25, 0.3) is 0 Å². The van der Waals surface area contributed by atoms with Gasteiger partial charge >= 0.3 is 0 Å². The van der Waals surface area contributed by atoms with E-state index in [1.165, 1.54) is 6.92 Å². The van der Waals surface area contributed by atoms with Crippen molar-refractivity contribution < 1.29 is 9.59 Å². The van der Waals surface area contributed by atoms with Gasteiger partial charge in [-0.05, 0) is 40.2 Å². The summed E-state index contributed by atoms with van der Waals surface area (Å²) in [5, 5.41) is 10.3. The van der Waals surface area contributed by atoms with Crippen molar-refractivity contribution >= 4 is 17.5 Å². The number of carbonyl (C=O) groups excluding carboxylic acids is 2. The Labute approximate surface area is 137 Å². The average molecular weight is 321 g/mol. The van der Waals surface area contributed by atoms with Crippen LogP contribution in [0, 0.1) is 13.8 Å². The molecule has 2 rings (SSSR count). The topological polar surface area (TPSA) is 79.3 Å². The molecule has 128 valence electrons. The molecular formula is C16H27N5O2. The highest BCUT2D eigenvalue weighted by molar-refractivity contribution is 5.95. The Morgan fingerprint density at radius 2 is 2.04 bits per heavy atom. The summed E-state index contributed by atoms with van der Waals surface area (Å²) >= 11 is 0. The molecule has 0 spiro atoms. The van der Waals surface area contributed by atoms with Crippen LogP contribution in [0.15, 0.2) is 0 Å². The summed E-state index contributed by atoms with van der Waals surface area (Å²) in [5.41, 5.74) is 2.55. The third kappa shape index (κ3) is 4.10. The minimum absolute atomic E-state index is 0.0180. The van der Waals surface area contributed by atoms with Crippen LogP contribution >= 0.6 is 0 Å². The van der Waals surface area contributed by atoms with Crippen LogP contribution in [0.25, 0.3) is 0 Å². The molecule has 7 heteroatoms. The Hall–Kier alpha value is -1.89. The number of carbonyl (C=O) groups is 2. The second-order valence-electron chi connectivity index (χ2n) is 6.37. The monoisotopic (exact) mass is 321 g/mol. The predicted octanol–water partition coefficient (Wildman–Crippen LogP) is 0.964. The maximum atomic E-state index is 12.6. The molecule has 1 aliphatic rings. The molecule has 0 aliphatic carbocycles. The SMILES string of the molecule is CC(=O)N[C@@H]1CCCN([C@H](C)C(=O)Nc2c(C)nn(C)c2C)C1. The lowest BCUT2D eigenvalue weighted by Gasteiger charge is -2.36. The molecule has 2 atom stereocenters. The number of aryl methyl sites for hydroxylation is 2. The lowest BCUT2D eigenvalue weighted by atomic mass is 10.0. The number of nitrogens with zero attached hydrogens (tertiary/aromatic N) is 3. The van der Waals surface area contributed by atoms with Crippen LogP contribution in [0.3, 0.4) is 0 Å². The molecule has 1 aromatic rings. The molecule has 23 heavy (non-hydrogen) atoms. The van der Waals surface area contributed by atoms with Crippen LogP contribution in [0.1, 0.15) is 38.1 Å². The lowest BCUT2D eigenvalue weighted by molar-refractivity contribution is -0.121. The van der Waals surface area contributed by atoms with E-state index in [-0.39, 0.29) is 23.9 Å². The van der Waals surface area contributed by atoms with E-state index < -0.39 is 0 Å². The van der Waals surface area contributed by atoms with Crippen LogP contribution in [0.4, 0.5) is 5.69 Å². The molecule has 0 saturated carbocycles. The van der Waals surface area contributed by atoms with E-state index in [2.05, 4.69) is 20.6 Å². The van der Waals surface area contributed by atoms with E-state index in [4.69, 9.17) is 0 Å². The summed E-state index contributed by atoms with van der Waals surface area (Å²) < 4.78 is 1.77. The van der Waals surface area contributed by atoms with Gasteiger partial charge in [0.15, 0.2) is 0 Å². The molecule has 2 N–H and O–H groups in total. The fraction of sp³-hybridized carbons (Fsp3) is 0.688. The van der Waals surface area contributed by atoms with Gasteiger partial charge in [-0.1, -0.05) is 0 Å². The number of likely N-dealkylation sites (tertiary alicyclic amines) is 1. The largest absolute Gasteiger partial charge is 0.352 e. The number of rotatable bonds is 4. The van der Waals surface area contributed by atoms with Gasteiger partial charge in [-0.2, -0.15) is 5.10 Å². The number of anilines is 1. The molecule has 2 amide bonds. The summed E-state index contributed by atoms with van der Waals surface area (Å²) in [5.74, 6) is -0.0526. The van der Waals surface area contributed by atoms with Crippen molar-refractivity contribution in [2.75, 3.05) is 18.4 Å². The first-order valence-corrected chi connectivity index (χ1v) is 8.11. The quantitative estimate of drug-likeness (QED) is 0.866. The standard InChI is InChI=1S/C16H27N5O2/c1-10-15(11(2)20(5)19-10)18-16(23)12(3)21-8-6-7-14(9-21)17-13(4)22/h12,14H,6-9H2,1-5H3,(H,17,22)(H,18,23)/t12-,14-/m1/s1. The molecule has 0 bridgehead atoms. The van der Waals surface area contributed by atoms with Crippen molar-refractivity contribution in [3.05, 3.63) is 11.4 Å². The van der Waals surface area contributed by atoms with Crippen molar-refractivity contribution in [2.24, 2.45) is 7.05 Å². The molecule has 0 aromatic carbocycles. The molecule has 7 nitrogen and oxygen atoms in total. The predicted molar refractivity (Wildman–Crippen MR) is 89.2 cm³/mol. The van der Waals surface area contributed by atoms with E-state index in [9.17, 15) is 9.59 Å². The highest BCUT2D eigenvalue weighted by Gasteiger charge is 2.28. The lowest BCUT2D eigenvalue weighted by Crippen LogP contribution is -2.52. The number of amides is 2. The first kappa shape index (κ1) is 17.5. The van der Waals surface area contributed by atoms with Crippen LogP contribution in [-0.2, 0) is 16.6 Å². The van der Waals surface area contributed by atoms with Gasteiger partial charge in [-0.25, -0.2) is 0 Å². The second kappa shape index (κ2) is 7.12. The molecule has 0 unspecified atom stereocenters. The molecule has 1 fully saturated rings. The number of hydrogen-bond donors (Lipinski definition) is 2. The maximum Gasteiger partial charge on any atom is 0.241 e. The van der Waals surface area contributed by atoms with Crippen molar-refractivity contribution in [3.63, 3.8) is 0 Å². The zero-order valence-corrected chi connectivity index (χ0v) is 14.6. The molecule has 0 radical (unpaired) electrons. The minimum Gasteiger partial charge on any atom is -0.352 e. The normalized spacial score (nSPS) is 20.1. The first-order valence-electron chi connectivity index (χ1n) is 8.11. The van der Waals surface area contributed by atoms with E-state index in [1.807, 2.05) is 27.8 Å². The van der Waals surface area contributed by atoms with Crippen LogP contribution in [-0.4, -0.2) is 51.7 Å². The van der Waals surface area contributed by atoms with E-state index in [0.29, 0.717) is 6.54 Å². The van der Waals surface area contributed by atoms with Gasteiger partial charge in [0.2, 0.25) is 11.8 Å². The zero-order valence-electron chi connectivity index (χ0n) is 14.6. The van der Waals surface area contributed by atoms with Gasteiger partial charge in [-0.3, -0.25) is 19.2 Å². The third-order valence-corrected chi connectivity index (χ3v) is 4.54. The molecule has 1 aliphatic heterocycles. The van der Waals surface area contributed by atoms with Crippen LogP contribution < -0.4 is 10.6 Å². The highest BCUT2D eigenvalue weighted by Crippen LogP contribution is 2.20. The highest BCUT2D eigenvalue weighted by atomic mass is 16.2. The Bertz CT molecular complexity index is 596. The number of hydrogen-bond acceptors (Lipinski definition) is 4. The summed E-state index contributed by atoms with van der Waals surface area (Å²) in [4.78, 5) is 25.9. The third-order valence-electron chi connectivity index (χ3n) is 4.54. The summed E-state index contributed by atoms with van der Waals surface area (Å²) in [6.45, 7) is 8.85. The molecule has 2 heterocycles. The van der Waals surface area contributed by atoms with Crippen molar-refractivity contribution in [1.82, 2.24) is 20.0 Å². The van der Waals surface area contributed by atoms with Crippen LogP contribution in [0.2, 0.25) is 0 Å². The van der Waals surface area contributed by atoms with E-state index in [0.717, 1.165) is 36.5 Å². The van der Waals surface area contributed by atoms with Crippen molar-refractivity contribution in [3.8, 4) is 0 Å². The van der Waals surface area contributed by atoms with Crippen molar-refractivity contribution in [1.29, 1.82) is 0 Å². The molecular weight excluding hydrogens is 294 g/mol. The fourth-order valence-electron chi connectivity index (χ4n) is 3.11. The maximum absolute atomic E-state index is 12.6. The number of nitrogens with one attached hydrogen (secondary N) is 2. The number of aromatic nitrogens is 2. The Morgan fingerprint density at radius 1 is 1.35 bits per heavy atom. The van der Waals surface area contributed by atoms with Gasteiger partial charge < -0.3 is 10.6 Å². The molecule has 1 saturated heterocycles. The van der Waals surface area contributed by atoms with Gasteiger partial charge in [0, 0.05) is 26.6 Å². The van der Waals surface area contributed by atoms with Gasteiger partial charge in [0.1, 0.15) is 0 Å². The Kier molecular flexibility index (Phi) is 5.41. The average Bonchev–Trinajstić information content (AvgIpc) is 2.72. The Morgan fingerprint density at radius 3 is 2.61 bits per heavy atom. The minimum atomic E-state index is -0.245. The van der Waals surface area contributed by atoms with Crippen molar-refractivity contribution in [2.45, 2.75) is 52.6 Å². The summed E-state index contributed by atoms with van der Waals surface area (Å²) in [7, 11) is 1.87. The van der Waals surface area contributed by atoms with E-state index >= 15 is 0 Å². The zero-order chi connectivity index (χ0) is 17.1. The first-order chi connectivity index (χ1) is 10.8. The Balaban J connectivity index is 2.00.